The first-order valence-electron chi connectivity index (χ1n) is 5.39. The molecule has 92 valence electrons. The van der Waals surface area contributed by atoms with Crippen LogP contribution < -0.4 is 5.73 Å². The molecule has 2 heterocycles. The third kappa shape index (κ3) is 2.09. The number of H-pyrrole nitrogens is 1. The van der Waals surface area contributed by atoms with Gasteiger partial charge in [-0.1, -0.05) is 11.8 Å². The summed E-state index contributed by atoms with van der Waals surface area (Å²) in [6, 6.07) is 7.23. The van der Waals surface area contributed by atoms with Crippen molar-refractivity contribution in [2.45, 2.75) is 9.92 Å². The number of hydrogen-bond acceptors (Lipinski definition) is 6. The van der Waals surface area contributed by atoms with Crippen molar-refractivity contribution in [3.63, 3.8) is 0 Å². The number of rotatable bonds is 2. The minimum atomic E-state index is 0.562. The van der Waals surface area contributed by atoms with Crippen molar-refractivity contribution in [2.75, 3.05) is 5.73 Å². The number of hydrogen-bond donors (Lipinski definition) is 2. The SMILES string of the molecule is N#Cc1ccc(N)c(Sc2ncnc3nc[nH]c23)c1. The van der Waals surface area contributed by atoms with Crippen LogP contribution in [0.2, 0.25) is 0 Å². The predicted molar refractivity (Wildman–Crippen MR) is 71.4 cm³/mol. The Bertz CT molecular complexity index is 788. The number of nitrogen functional groups attached to an aromatic ring is 1. The fourth-order valence-electron chi connectivity index (χ4n) is 1.62. The Morgan fingerprint density at radius 3 is 3.00 bits per heavy atom. The van der Waals surface area contributed by atoms with Crippen LogP contribution in [0.5, 0.6) is 0 Å². The van der Waals surface area contributed by atoms with Gasteiger partial charge in [0.2, 0.25) is 0 Å². The van der Waals surface area contributed by atoms with Crippen molar-refractivity contribution >= 4 is 28.6 Å². The van der Waals surface area contributed by atoms with Crippen molar-refractivity contribution in [2.24, 2.45) is 0 Å². The van der Waals surface area contributed by atoms with Crippen LogP contribution in [-0.2, 0) is 0 Å². The fraction of sp³-hybridized carbons (Fsp3) is 0. The van der Waals surface area contributed by atoms with E-state index in [2.05, 4.69) is 26.0 Å². The molecule has 0 fully saturated rings. The molecule has 2 aromatic heterocycles. The number of aromatic amines is 1. The lowest BCUT2D eigenvalue weighted by atomic mass is 10.2. The molecule has 0 aliphatic heterocycles. The third-order valence-corrected chi connectivity index (χ3v) is 3.61. The van der Waals surface area contributed by atoms with E-state index in [-0.39, 0.29) is 0 Å². The van der Waals surface area contributed by atoms with Crippen LogP contribution in [0, 0.1) is 11.3 Å². The molecule has 0 amide bonds. The highest BCUT2D eigenvalue weighted by atomic mass is 32.2. The highest BCUT2D eigenvalue weighted by Gasteiger charge is 2.10. The van der Waals surface area contributed by atoms with E-state index >= 15 is 0 Å². The zero-order valence-electron chi connectivity index (χ0n) is 9.66. The van der Waals surface area contributed by atoms with Gasteiger partial charge < -0.3 is 10.7 Å². The predicted octanol–water partition coefficient (Wildman–Crippen LogP) is 1.96. The van der Waals surface area contributed by atoms with E-state index < -0.39 is 0 Å². The molecule has 0 aliphatic rings. The van der Waals surface area contributed by atoms with E-state index in [1.165, 1.54) is 18.1 Å². The smallest absolute Gasteiger partial charge is 0.181 e. The minimum absolute atomic E-state index is 0.562. The zero-order chi connectivity index (χ0) is 13.2. The van der Waals surface area contributed by atoms with Crippen LogP contribution in [0.15, 0.2) is 40.8 Å². The maximum atomic E-state index is 8.92. The van der Waals surface area contributed by atoms with E-state index in [1.54, 1.807) is 24.5 Å². The summed E-state index contributed by atoms with van der Waals surface area (Å²) in [6.45, 7) is 0. The van der Waals surface area contributed by atoms with Gasteiger partial charge in [0.15, 0.2) is 5.65 Å². The number of nitrogens with zero attached hydrogens (tertiary/aromatic N) is 4. The summed E-state index contributed by atoms with van der Waals surface area (Å²) in [5, 5.41) is 9.64. The van der Waals surface area contributed by atoms with Gasteiger partial charge in [-0.25, -0.2) is 15.0 Å². The van der Waals surface area contributed by atoms with Crippen molar-refractivity contribution < 1.29 is 0 Å². The minimum Gasteiger partial charge on any atom is -0.398 e. The normalized spacial score (nSPS) is 10.5. The topological polar surface area (TPSA) is 104 Å². The molecule has 3 rings (SSSR count). The Balaban J connectivity index is 2.06. The molecule has 0 unspecified atom stereocenters. The first-order chi connectivity index (χ1) is 9.28. The van der Waals surface area contributed by atoms with Crippen LogP contribution in [0.3, 0.4) is 0 Å². The van der Waals surface area contributed by atoms with Gasteiger partial charge in [-0.3, -0.25) is 0 Å². The van der Waals surface area contributed by atoms with Gasteiger partial charge in [0, 0.05) is 10.6 Å². The van der Waals surface area contributed by atoms with Gasteiger partial charge in [0.05, 0.1) is 18.0 Å². The molecule has 6 nitrogen and oxygen atoms in total. The number of anilines is 1. The molecule has 0 spiro atoms. The Morgan fingerprint density at radius 1 is 1.26 bits per heavy atom. The maximum absolute atomic E-state index is 8.92. The Hall–Kier alpha value is -2.59. The van der Waals surface area contributed by atoms with Crippen LogP contribution >= 0.6 is 11.8 Å². The second-order valence-corrected chi connectivity index (χ2v) is 4.78. The first kappa shape index (κ1) is 11.5. The second kappa shape index (κ2) is 4.59. The van der Waals surface area contributed by atoms with Gasteiger partial charge in [0.25, 0.3) is 0 Å². The quantitative estimate of drug-likeness (QED) is 0.543. The maximum Gasteiger partial charge on any atom is 0.181 e. The summed E-state index contributed by atoms with van der Waals surface area (Å²) in [7, 11) is 0. The summed E-state index contributed by atoms with van der Waals surface area (Å²) >= 11 is 1.38. The van der Waals surface area contributed by atoms with Crippen molar-refractivity contribution in [3.05, 3.63) is 36.4 Å². The number of benzene rings is 1. The lowest BCUT2D eigenvalue weighted by molar-refractivity contribution is 1.08. The summed E-state index contributed by atoms with van der Waals surface area (Å²) in [6.07, 6.45) is 3.02. The van der Waals surface area contributed by atoms with Crippen LogP contribution in [0.4, 0.5) is 5.69 Å². The van der Waals surface area contributed by atoms with E-state index in [4.69, 9.17) is 11.0 Å². The number of nitrogens with two attached hydrogens (primary N) is 1. The molecule has 0 bridgehead atoms. The molecular weight excluding hydrogens is 260 g/mol. The molecule has 0 radical (unpaired) electrons. The highest BCUT2D eigenvalue weighted by molar-refractivity contribution is 7.99. The molecule has 7 heteroatoms. The Kier molecular flexibility index (Phi) is 2.78. The summed E-state index contributed by atoms with van der Waals surface area (Å²) in [5.41, 5.74) is 8.44. The number of nitriles is 1. The number of nitrogens with one attached hydrogen (secondary N) is 1. The molecule has 19 heavy (non-hydrogen) atoms. The highest BCUT2D eigenvalue weighted by Crippen LogP contribution is 2.33. The fourth-order valence-corrected chi connectivity index (χ4v) is 2.55. The molecule has 1 aromatic carbocycles. The number of imidazole rings is 1. The van der Waals surface area contributed by atoms with Gasteiger partial charge in [-0.05, 0) is 18.2 Å². The zero-order valence-corrected chi connectivity index (χ0v) is 10.5. The molecule has 3 N–H and O–H groups in total. The average molecular weight is 268 g/mol. The van der Waals surface area contributed by atoms with E-state index in [0.29, 0.717) is 16.9 Å². The summed E-state index contributed by atoms with van der Waals surface area (Å²) in [5.74, 6) is 0. The average Bonchev–Trinajstić information content (AvgIpc) is 2.90. The summed E-state index contributed by atoms with van der Waals surface area (Å²) in [4.78, 5) is 16.1. The standard InChI is InChI=1S/C12H8N6S/c13-4-7-1-2-8(14)9(3-7)19-12-10-11(16-5-15-10)17-6-18-12/h1-3,5-6H,14H2,(H,15,16,17,18). The van der Waals surface area contributed by atoms with Crippen molar-refractivity contribution in [3.8, 4) is 6.07 Å². The van der Waals surface area contributed by atoms with Crippen LogP contribution in [0.1, 0.15) is 5.56 Å². The molecule has 0 atom stereocenters. The van der Waals surface area contributed by atoms with Gasteiger partial charge in [-0.2, -0.15) is 5.26 Å². The molecule has 0 aliphatic carbocycles. The summed E-state index contributed by atoms with van der Waals surface area (Å²) < 4.78 is 0. The van der Waals surface area contributed by atoms with Crippen molar-refractivity contribution in [1.82, 2.24) is 19.9 Å². The Labute approximate surface area is 112 Å². The number of fused-ring (bicyclic) bond motifs is 1. The van der Waals surface area contributed by atoms with E-state index in [0.717, 1.165) is 15.4 Å². The monoisotopic (exact) mass is 268 g/mol. The molecule has 0 saturated heterocycles. The molecule has 0 saturated carbocycles. The van der Waals surface area contributed by atoms with Gasteiger partial charge >= 0.3 is 0 Å². The molecular formula is C12H8N6S. The Morgan fingerprint density at radius 2 is 2.16 bits per heavy atom. The second-order valence-electron chi connectivity index (χ2n) is 3.75. The van der Waals surface area contributed by atoms with Crippen LogP contribution in [0.25, 0.3) is 11.2 Å². The van der Waals surface area contributed by atoms with Gasteiger partial charge in [-0.15, -0.1) is 0 Å². The molecule has 3 aromatic rings. The number of aromatic nitrogens is 4. The van der Waals surface area contributed by atoms with Crippen LogP contribution in [-0.4, -0.2) is 19.9 Å². The first-order valence-corrected chi connectivity index (χ1v) is 6.21. The lowest BCUT2D eigenvalue weighted by Crippen LogP contribution is -1.91. The van der Waals surface area contributed by atoms with E-state index in [9.17, 15) is 0 Å². The van der Waals surface area contributed by atoms with Gasteiger partial charge in [0.1, 0.15) is 16.9 Å². The third-order valence-electron chi connectivity index (χ3n) is 2.54. The lowest BCUT2D eigenvalue weighted by Gasteiger charge is -2.05. The largest absolute Gasteiger partial charge is 0.398 e. The van der Waals surface area contributed by atoms with Crippen molar-refractivity contribution in [1.29, 1.82) is 5.26 Å². The van der Waals surface area contributed by atoms with E-state index in [1.807, 2.05) is 0 Å².